The number of rotatable bonds is 1. The highest BCUT2D eigenvalue weighted by Crippen LogP contribution is 2.52. The number of amides is 2. The first-order chi connectivity index (χ1) is 7.24. The van der Waals surface area contributed by atoms with Crippen molar-refractivity contribution in [2.45, 2.75) is 6.42 Å². The van der Waals surface area contributed by atoms with E-state index in [-0.39, 0.29) is 42.0 Å². The minimum atomic E-state index is -0.110. The van der Waals surface area contributed by atoms with Crippen LogP contribution in [0.4, 0.5) is 0 Å². The molecule has 3 heteroatoms. The molecule has 1 aliphatic heterocycles. The summed E-state index contributed by atoms with van der Waals surface area (Å²) in [6.07, 6.45) is 10.3. The van der Waals surface area contributed by atoms with E-state index in [9.17, 15) is 9.59 Å². The van der Waals surface area contributed by atoms with Gasteiger partial charge in [0.15, 0.2) is 0 Å². The van der Waals surface area contributed by atoms with Gasteiger partial charge in [-0.2, -0.15) is 0 Å². The standard InChI is InChI=1S/C12H11NO2/c1-2-5-13-11(14)9-7-3-4-8(6-7)10(9)12(13)15/h1,3-4,7-10H,5-6H2/t7-,8-,9-,10+/m0/s1. The number of hydrogen-bond acceptors (Lipinski definition) is 2. The minimum absolute atomic E-state index is 0.0557. The van der Waals surface area contributed by atoms with Crippen molar-refractivity contribution in [3.8, 4) is 12.3 Å². The second-order valence-corrected chi connectivity index (χ2v) is 4.47. The molecule has 0 unspecified atom stereocenters. The zero-order valence-corrected chi connectivity index (χ0v) is 8.22. The molecule has 76 valence electrons. The third-order valence-electron chi connectivity index (χ3n) is 3.81. The van der Waals surface area contributed by atoms with Crippen LogP contribution in [0.25, 0.3) is 0 Å². The molecule has 3 aliphatic rings. The summed E-state index contributed by atoms with van der Waals surface area (Å²) in [6.45, 7) is 0.129. The molecule has 0 radical (unpaired) electrons. The van der Waals surface area contributed by atoms with Gasteiger partial charge in [0, 0.05) is 0 Å². The van der Waals surface area contributed by atoms with E-state index in [4.69, 9.17) is 6.42 Å². The fourth-order valence-corrected chi connectivity index (χ4v) is 3.21. The molecular formula is C12H11NO2. The van der Waals surface area contributed by atoms with Crippen LogP contribution in [0.15, 0.2) is 12.2 Å². The Balaban J connectivity index is 1.97. The summed E-state index contributed by atoms with van der Waals surface area (Å²) in [5.74, 6) is 2.60. The quantitative estimate of drug-likeness (QED) is 0.350. The van der Waals surface area contributed by atoms with Crippen LogP contribution in [-0.4, -0.2) is 23.3 Å². The molecule has 0 aromatic carbocycles. The number of imide groups is 1. The van der Waals surface area contributed by atoms with Crippen molar-refractivity contribution in [1.82, 2.24) is 4.90 Å². The van der Waals surface area contributed by atoms with E-state index in [2.05, 4.69) is 18.1 Å². The van der Waals surface area contributed by atoms with Crippen molar-refractivity contribution in [1.29, 1.82) is 0 Å². The van der Waals surface area contributed by atoms with Crippen LogP contribution in [0.2, 0.25) is 0 Å². The number of nitrogens with zero attached hydrogens (tertiary/aromatic N) is 1. The first-order valence-electron chi connectivity index (χ1n) is 5.21. The molecule has 4 atom stereocenters. The number of allylic oxidation sites excluding steroid dienone is 2. The zero-order valence-electron chi connectivity index (χ0n) is 8.22. The molecule has 3 rings (SSSR count). The number of likely N-dealkylation sites (tertiary alicyclic amines) is 1. The maximum absolute atomic E-state index is 12.0. The Labute approximate surface area is 88.1 Å². The van der Waals surface area contributed by atoms with E-state index in [1.807, 2.05) is 0 Å². The van der Waals surface area contributed by atoms with E-state index in [0.29, 0.717) is 0 Å². The number of hydrogen-bond donors (Lipinski definition) is 0. The van der Waals surface area contributed by atoms with E-state index in [1.165, 1.54) is 4.90 Å². The van der Waals surface area contributed by atoms with Crippen LogP contribution < -0.4 is 0 Å². The highest BCUT2D eigenvalue weighted by atomic mass is 16.2. The number of carbonyl (C=O) groups is 2. The lowest BCUT2D eigenvalue weighted by atomic mass is 9.85. The van der Waals surface area contributed by atoms with Gasteiger partial charge in [0.2, 0.25) is 11.8 Å². The van der Waals surface area contributed by atoms with Crippen LogP contribution in [0, 0.1) is 36.0 Å². The van der Waals surface area contributed by atoms with Crippen molar-refractivity contribution >= 4 is 11.8 Å². The van der Waals surface area contributed by atoms with Crippen molar-refractivity contribution in [3.05, 3.63) is 12.2 Å². The highest BCUT2D eigenvalue weighted by molar-refractivity contribution is 6.06. The van der Waals surface area contributed by atoms with Crippen LogP contribution >= 0.6 is 0 Å². The van der Waals surface area contributed by atoms with Gasteiger partial charge in [0.05, 0.1) is 18.4 Å². The van der Waals surface area contributed by atoms with Gasteiger partial charge in [0.25, 0.3) is 0 Å². The Hall–Kier alpha value is -1.56. The Bertz CT molecular complexity index is 388. The average molecular weight is 201 g/mol. The molecule has 2 aliphatic carbocycles. The van der Waals surface area contributed by atoms with E-state index in [0.717, 1.165) is 6.42 Å². The van der Waals surface area contributed by atoms with Gasteiger partial charge in [-0.1, -0.05) is 18.1 Å². The molecule has 1 saturated carbocycles. The molecular weight excluding hydrogens is 190 g/mol. The van der Waals surface area contributed by atoms with Crippen LogP contribution in [0.1, 0.15) is 6.42 Å². The molecule has 3 nitrogen and oxygen atoms in total. The Kier molecular flexibility index (Phi) is 1.59. The molecule has 1 saturated heterocycles. The molecule has 2 amide bonds. The third kappa shape index (κ3) is 0.918. The second kappa shape index (κ2) is 2.73. The maximum Gasteiger partial charge on any atom is 0.234 e. The summed E-state index contributed by atoms with van der Waals surface area (Å²) in [6, 6.07) is 0. The average Bonchev–Trinajstić information content (AvgIpc) is 2.87. The predicted molar refractivity (Wildman–Crippen MR) is 53.3 cm³/mol. The lowest BCUT2D eigenvalue weighted by molar-refractivity contribution is -0.139. The summed E-state index contributed by atoms with van der Waals surface area (Å²) < 4.78 is 0. The summed E-state index contributed by atoms with van der Waals surface area (Å²) in [5.41, 5.74) is 0. The highest BCUT2D eigenvalue weighted by Gasteiger charge is 2.58. The van der Waals surface area contributed by atoms with Gasteiger partial charge in [-0.15, -0.1) is 6.42 Å². The largest absolute Gasteiger partial charge is 0.274 e. The second-order valence-electron chi connectivity index (χ2n) is 4.47. The summed E-state index contributed by atoms with van der Waals surface area (Å²) in [7, 11) is 0. The number of carbonyl (C=O) groups excluding carboxylic acids is 2. The first kappa shape index (κ1) is 8.72. The van der Waals surface area contributed by atoms with Gasteiger partial charge in [-0.25, -0.2) is 0 Å². The van der Waals surface area contributed by atoms with E-state index < -0.39 is 0 Å². The van der Waals surface area contributed by atoms with Gasteiger partial charge in [-0.05, 0) is 18.3 Å². The van der Waals surface area contributed by atoms with E-state index in [1.54, 1.807) is 0 Å². The summed E-state index contributed by atoms with van der Waals surface area (Å²) in [5, 5.41) is 0. The predicted octanol–water partition coefficient (Wildman–Crippen LogP) is 0.427. The molecule has 0 spiro atoms. The molecule has 0 aromatic rings. The number of terminal acetylenes is 1. The Morgan fingerprint density at radius 1 is 1.27 bits per heavy atom. The maximum atomic E-state index is 12.0. The summed E-state index contributed by atoms with van der Waals surface area (Å²) >= 11 is 0. The van der Waals surface area contributed by atoms with Gasteiger partial charge >= 0.3 is 0 Å². The van der Waals surface area contributed by atoms with Crippen LogP contribution in [0.5, 0.6) is 0 Å². The van der Waals surface area contributed by atoms with Crippen LogP contribution in [-0.2, 0) is 9.59 Å². The molecule has 15 heavy (non-hydrogen) atoms. The van der Waals surface area contributed by atoms with Crippen molar-refractivity contribution in [2.24, 2.45) is 23.7 Å². The number of fused-ring (bicyclic) bond motifs is 5. The van der Waals surface area contributed by atoms with Crippen molar-refractivity contribution < 1.29 is 9.59 Å². The SMILES string of the molecule is C#CCN1C(=O)[C@@H]2[C@H](C1=O)[C@H]1C=C[C@H]2C1. The molecule has 0 N–H and O–H groups in total. The fourth-order valence-electron chi connectivity index (χ4n) is 3.21. The first-order valence-corrected chi connectivity index (χ1v) is 5.21. The molecule has 2 fully saturated rings. The van der Waals surface area contributed by atoms with Crippen molar-refractivity contribution in [3.63, 3.8) is 0 Å². The lowest BCUT2D eigenvalue weighted by Gasteiger charge is -2.14. The lowest BCUT2D eigenvalue weighted by Crippen LogP contribution is -2.33. The van der Waals surface area contributed by atoms with Gasteiger partial charge in [0.1, 0.15) is 0 Å². The Morgan fingerprint density at radius 3 is 2.27 bits per heavy atom. The smallest absolute Gasteiger partial charge is 0.234 e. The van der Waals surface area contributed by atoms with E-state index >= 15 is 0 Å². The Morgan fingerprint density at radius 2 is 1.80 bits per heavy atom. The minimum Gasteiger partial charge on any atom is -0.274 e. The molecule has 2 bridgehead atoms. The zero-order chi connectivity index (χ0) is 10.6. The normalized spacial score (nSPS) is 41.1. The molecule has 0 aromatic heterocycles. The van der Waals surface area contributed by atoms with Gasteiger partial charge in [-0.3, -0.25) is 14.5 Å². The van der Waals surface area contributed by atoms with Crippen molar-refractivity contribution in [2.75, 3.05) is 6.54 Å². The monoisotopic (exact) mass is 201 g/mol. The molecule has 1 heterocycles. The van der Waals surface area contributed by atoms with Gasteiger partial charge < -0.3 is 0 Å². The third-order valence-corrected chi connectivity index (χ3v) is 3.81. The fraction of sp³-hybridized carbons (Fsp3) is 0.500. The van der Waals surface area contributed by atoms with Crippen LogP contribution in [0.3, 0.4) is 0 Å². The topological polar surface area (TPSA) is 37.4 Å². The summed E-state index contributed by atoms with van der Waals surface area (Å²) in [4.78, 5) is 25.2.